The molecule has 1 aromatic rings. The quantitative estimate of drug-likeness (QED) is 0.384. The van der Waals surface area contributed by atoms with Crippen molar-refractivity contribution < 1.29 is 4.92 Å². The van der Waals surface area contributed by atoms with Gasteiger partial charge in [0.25, 0.3) is 0 Å². The largest absolute Gasteiger partial charge is 0.396 e. The van der Waals surface area contributed by atoms with Gasteiger partial charge < -0.3 is 5.73 Å². The molecule has 0 atom stereocenters. The molecule has 0 spiro atoms. The fraction of sp³-hybridized carbons (Fsp3) is 0. The normalized spacial score (nSPS) is 9.84. The smallest absolute Gasteiger partial charge is 0.324 e. The van der Waals surface area contributed by atoms with Crippen LogP contribution in [0.25, 0.3) is 6.08 Å². The lowest BCUT2D eigenvalue weighted by molar-refractivity contribution is -0.380. The van der Waals surface area contributed by atoms with Crippen LogP contribution in [0.2, 0.25) is 0 Å². The van der Waals surface area contributed by atoms with Crippen molar-refractivity contribution in [3.05, 3.63) is 44.0 Å². The van der Waals surface area contributed by atoms with Crippen molar-refractivity contribution in [2.24, 2.45) is 5.73 Å². The van der Waals surface area contributed by atoms with E-state index in [4.69, 9.17) is 21.5 Å². The minimum atomic E-state index is -0.552. The van der Waals surface area contributed by atoms with Gasteiger partial charge in [-0.05, 0) is 11.6 Å². The summed E-state index contributed by atoms with van der Waals surface area (Å²) in [6.45, 7) is 0. The average Bonchev–Trinajstić information content (AvgIpc) is 2.86. The number of thiophene rings is 1. The van der Waals surface area contributed by atoms with Crippen LogP contribution in [0, 0.1) is 44.1 Å². The first-order valence-corrected chi connectivity index (χ1v) is 5.56. The van der Waals surface area contributed by atoms with Crippen molar-refractivity contribution in [2.75, 3.05) is 0 Å². The third-order valence-corrected chi connectivity index (χ3v) is 2.90. The molecular weight excluding hydrogens is 266 g/mol. The zero-order valence-electron chi connectivity index (χ0n) is 9.32. The topological polar surface area (TPSA) is 141 Å². The minimum Gasteiger partial charge on any atom is -0.396 e. The lowest BCUT2D eigenvalue weighted by atomic mass is 10.1. The van der Waals surface area contributed by atoms with Crippen LogP contribution in [-0.4, -0.2) is 4.92 Å². The number of nitrogens with two attached hydrogens (primary N) is 1. The van der Waals surface area contributed by atoms with Gasteiger partial charge in [0.05, 0.1) is 16.2 Å². The summed E-state index contributed by atoms with van der Waals surface area (Å²) in [6, 6.07) is 6.16. The van der Waals surface area contributed by atoms with E-state index in [1.54, 1.807) is 18.2 Å². The van der Waals surface area contributed by atoms with E-state index in [0.29, 0.717) is 5.56 Å². The number of nitrogens with zero attached hydrogens (tertiary/aromatic N) is 4. The van der Waals surface area contributed by atoms with Crippen LogP contribution in [0.1, 0.15) is 5.56 Å². The van der Waals surface area contributed by atoms with E-state index in [0.717, 1.165) is 11.3 Å². The number of nitro groups is 1. The first-order chi connectivity index (χ1) is 9.03. The lowest BCUT2D eigenvalue weighted by Gasteiger charge is -1.97. The monoisotopic (exact) mass is 271 g/mol. The van der Waals surface area contributed by atoms with Gasteiger partial charge >= 0.3 is 5.00 Å². The molecule has 0 aliphatic heterocycles. The number of hydrogen-bond donors (Lipinski definition) is 1. The van der Waals surface area contributed by atoms with Crippen molar-refractivity contribution >= 4 is 22.4 Å². The van der Waals surface area contributed by atoms with E-state index in [1.165, 1.54) is 17.5 Å². The standard InChI is InChI=1S/C11H5N5O2S/c12-3-8(11(15)9(4-13)5-14)1-7-2-10(16(17)18)19-6-7/h1-2,6H,15H2/b8-1+. The van der Waals surface area contributed by atoms with Gasteiger partial charge in [-0.25, -0.2) is 0 Å². The second-order valence-electron chi connectivity index (χ2n) is 3.16. The third kappa shape index (κ3) is 3.16. The molecule has 2 N–H and O–H groups in total. The summed E-state index contributed by atoms with van der Waals surface area (Å²) < 4.78 is 0. The molecule has 0 aromatic carbocycles. The molecule has 0 fully saturated rings. The van der Waals surface area contributed by atoms with Gasteiger partial charge in [-0.1, -0.05) is 11.3 Å². The fourth-order valence-electron chi connectivity index (χ4n) is 1.13. The number of rotatable bonds is 3. The van der Waals surface area contributed by atoms with Crippen molar-refractivity contribution in [3.8, 4) is 18.2 Å². The Morgan fingerprint density at radius 2 is 2.00 bits per heavy atom. The SMILES string of the molecule is N#CC(C#N)=C(N)/C(C#N)=C/c1csc([N+](=O)[O-])c1. The molecule has 1 heterocycles. The molecule has 8 heteroatoms. The van der Waals surface area contributed by atoms with Crippen LogP contribution in [-0.2, 0) is 0 Å². The van der Waals surface area contributed by atoms with E-state index in [9.17, 15) is 10.1 Å². The van der Waals surface area contributed by atoms with Crippen LogP contribution in [0.3, 0.4) is 0 Å². The number of allylic oxidation sites excluding steroid dienone is 2. The van der Waals surface area contributed by atoms with Gasteiger partial charge in [0.15, 0.2) is 5.57 Å². The summed E-state index contributed by atoms with van der Waals surface area (Å²) in [6.07, 6.45) is 1.29. The molecule has 0 unspecified atom stereocenters. The highest BCUT2D eigenvalue weighted by molar-refractivity contribution is 7.13. The fourth-order valence-corrected chi connectivity index (χ4v) is 1.81. The van der Waals surface area contributed by atoms with Gasteiger partial charge in [-0.15, -0.1) is 0 Å². The number of nitriles is 3. The molecule has 0 radical (unpaired) electrons. The first kappa shape index (κ1) is 13.9. The molecule has 0 aliphatic rings. The van der Waals surface area contributed by atoms with Gasteiger partial charge in [-0.3, -0.25) is 10.1 Å². The van der Waals surface area contributed by atoms with Crippen LogP contribution < -0.4 is 5.73 Å². The van der Waals surface area contributed by atoms with Crippen molar-refractivity contribution in [1.29, 1.82) is 15.8 Å². The summed E-state index contributed by atoms with van der Waals surface area (Å²) in [5, 5.41) is 38.1. The molecule has 7 nitrogen and oxygen atoms in total. The summed E-state index contributed by atoms with van der Waals surface area (Å²) in [7, 11) is 0. The molecule has 0 saturated carbocycles. The summed E-state index contributed by atoms with van der Waals surface area (Å²) in [5.41, 5.74) is 5.21. The molecule has 0 bridgehead atoms. The van der Waals surface area contributed by atoms with Crippen molar-refractivity contribution in [3.63, 3.8) is 0 Å². The van der Waals surface area contributed by atoms with Gasteiger partial charge in [-0.2, -0.15) is 15.8 Å². The Labute approximate surface area is 111 Å². The minimum absolute atomic E-state index is 0.0770. The highest BCUT2D eigenvalue weighted by Crippen LogP contribution is 2.25. The lowest BCUT2D eigenvalue weighted by Crippen LogP contribution is -2.03. The summed E-state index contributed by atoms with van der Waals surface area (Å²) >= 11 is 0.902. The molecule has 0 saturated heterocycles. The van der Waals surface area contributed by atoms with Crippen molar-refractivity contribution in [2.45, 2.75) is 0 Å². The van der Waals surface area contributed by atoms with Crippen LogP contribution >= 0.6 is 11.3 Å². The zero-order valence-corrected chi connectivity index (χ0v) is 10.1. The van der Waals surface area contributed by atoms with E-state index in [-0.39, 0.29) is 21.8 Å². The van der Waals surface area contributed by atoms with Gasteiger partial charge in [0, 0.05) is 11.4 Å². The van der Waals surface area contributed by atoms with E-state index in [1.807, 2.05) is 0 Å². The second-order valence-corrected chi connectivity index (χ2v) is 4.05. The van der Waals surface area contributed by atoms with E-state index in [2.05, 4.69) is 0 Å². The second kappa shape index (κ2) is 5.97. The Hall–Kier alpha value is -3.15. The zero-order chi connectivity index (χ0) is 14.4. The maximum Gasteiger partial charge on any atom is 0.324 e. The summed E-state index contributed by atoms with van der Waals surface area (Å²) in [5.74, 6) is 0. The molecule has 1 aromatic heterocycles. The predicted molar refractivity (Wildman–Crippen MR) is 67.0 cm³/mol. The molecule has 1 rings (SSSR count). The van der Waals surface area contributed by atoms with Crippen LogP contribution in [0.15, 0.2) is 28.3 Å². The van der Waals surface area contributed by atoms with Crippen LogP contribution in [0.4, 0.5) is 5.00 Å². The van der Waals surface area contributed by atoms with Crippen LogP contribution in [0.5, 0.6) is 0 Å². The van der Waals surface area contributed by atoms with E-state index >= 15 is 0 Å². The molecule has 0 amide bonds. The Balaban J connectivity index is 3.25. The molecule has 19 heavy (non-hydrogen) atoms. The Morgan fingerprint density at radius 1 is 1.37 bits per heavy atom. The Morgan fingerprint density at radius 3 is 2.42 bits per heavy atom. The van der Waals surface area contributed by atoms with Gasteiger partial charge in [0.2, 0.25) is 0 Å². The van der Waals surface area contributed by atoms with E-state index < -0.39 is 4.92 Å². The average molecular weight is 271 g/mol. The van der Waals surface area contributed by atoms with Gasteiger partial charge in [0.1, 0.15) is 18.2 Å². The molecular formula is C11H5N5O2S. The highest BCUT2D eigenvalue weighted by atomic mass is 32.1. The molecule has 92 valence electrons. The van der Waals surface area contributed by atoms with Crippen molar-refractivity contribution in [1.82, 2.24) is 0 Å². The first-order valence-electron chi connectivity index (χ1n) is 4.68. The maximum absolute atomic E-state index is 10.5. The Kier molecular flexibility index (Phi) is 4.37. The Bertz CT molecular complexity index is 693. The third-order valence-electron chi connectivity index (χ3n) is 2.00. The number of hydrogen-bond acceptors (Lipinski definition) is 7. The summed E-state index contributed by atoms with van der Waals surface area (Å²) in [4.78, 5) is 9.96. The maximum atomic E-state index is 10.5. The molecule has 0 aliphatic carbocycles. The predicted octanol–water partition coefficient (Wildman–Crippen LogP) is 1.82. The highest BCUT2D eigenvalue weighted by Gasteiger charge is 2.11.